The molecular weight excluding hydrogens is 146 g/mol. The molecule has 1 aliphatic carbocycles. The molecule has 2 bridgehead atoms. The largest absolute Gasteiger partial charge is 0.260 e. The summed E-state index contributed by atoms with van der Waals surface area (Å²) in [5.41, 5.74) is 3.92. The van der Waals surface area contributed by atoms with Crippen LogP contribution >= 0.6 is 0 Å². The van der Waals surface area contributed by atoms with Gasteiger partial charge in [0.2, 0.25) is 0 Å². The van der Waals surface area contributed by atoms with E-state index in [-0.39, 0.29) is 0 Å². The van der Waals surface area contributed by atoms with Gasteiger partial charge in [-0.1, -0.05) is 24.3 Å². The van der Waals surface area contributed by atoms with Crippen LogP contribution in [0.4, 0.5) is 5.69 Å². The molecule has 2 aliphatic heterocycles. The van der Waals surface area contributed by atoms with E-state index in [9.17, 15) is 0 Å². The molecule has 1 nitrogen and oxygen atoms in total. The van der Waals surface area contributed by atoms with Crippen LogP contribution in [-0.4, -0.2) is 6.21 Å². The lowest BCUT2D eigenvalue weighted by atomic mass is 9.84. The second kappa shape index (κ2) is 2.07. The van der Waals surface area contributed by atoms with Crippen molar-refractivity contribution in [2.45, 2.75) is 6.42 Å². The third-order valence-electron chi connectivity index (χ3n) is 2.53. The van der Waals surface area contributed by atoms with Crippen molar-refractivity contribution in [2.24, 2.45) is 10.9 Å². The Morgan fingerprint density at radius 2 is 2.08 bits per heavy atom. The standard InChI is InChI=1S/C11H9N/c1-2-4-11-10(3-1)9-5-8(6-9)7-12-11/h1-5,7-8H,6H2. The quantitative estimate of drug-likeness (QED) is 0.546. The van der Waals surface area contributed by atoms with Crippen molar-refractivity contribution in [2.75, 3.05) is 0 Å². The van der Waals surface area contributed by atoms with Gasteiger partial charge in [-0.3, -0.25) is 4.99 Å². The Bertz CT molecular complexity index is 388. The Morgan fingerprint density at radius 3 is 3.00 bits per heavy atom. The van der Waals surface area contributed by atoms with Crippen molar-refractivity contribution >= 4 is 17.5 Å². The monoisotopic (exact) mass is 155 g/mol. The topological polar surface area (TPSA) is 12.4 Å². The fourth-order valence-corrected chi connectivity index (χ4v) is 1.81. The third-order valence-corrected chi connectivity index (χ3v) is 2.53. The van der Waals surface area contributed by atoms with E-state index in [1.54, 1.807) is 0 Å². The number of allylic oxidation sites excluding steroid dienone is 2. The van der Waals surface area contributed by atoms with Crippen LogP contribution in [0.2, 0.25) is 0 Å². The lowest BCUT2D eigenvalue weighted by Crippen LogP contribution is -2.07. The molecule has 0 radical (unpaired) electrons. The highest BCUT2D eigenvalue weighted by Crippen LogP contribution is 2.40. The first-order chi connectivity index (χ1) is 5.93. The molecule has 0 N–H and O–H groups in total. The Kier molecular flexibility index (Phi) is 1.06. The summed E-state index contributed by atoms with van der Waals surface area (Å²) in [6.07, 6.45) is 5.53. The maximum absolute atomic E-state index is 4.43. The zero-order valence-corrected chi connectivity index (χ0v) is 6.70. The van der Waals surface area contributed by atoms with Crippen LogP contribution in [0.25, 0.3) is 5.57 Å². The first-order valence-electron chi connectivity index (χ1n) is 4.28. The molecule has 1 aromatic carbocycles. The fraction of sp³-hybridized carbons (Fsp3) is 0.182. The summed E-state index contributed by atoms with van der Waals surface area (Å²) < 4.78 is 0. The van der Waals surface area contributed by atoms with Crippen LogP contribution in [0.15, 0.2) is 35.3 Å². The van der Waals surface area contributed by atoms with Crippen LogP contribution in [0.1, 0.15) is 12.0 Å². The van der Waals surface area contributed by atoms with Crippen LogP contribution in [0, 0.1) is 5.92 Å². The van der Waals surface area contributed by atoms with Gasteiger partial charge in [0.05, 0.1) is 5.69 Å². The van der Waals surface area contributed by atoms with E-state index in [1.807, 2.05) is 6.07 Å². The Morgan fingerprint density at radius 1 is 1.25 bits per heavy atom. The van der Waals surface area contributed by atoms with Gasteiger partial charge in [-0.05, 0) is 18.1 Å². The SMILES string of the molecule is C1=Nc2ccccc2C2=CC1C2. The molecule has 4 rings (SSSR count). The number of benzene rings is 1. The average molecular weight is 155 g/mol. The number of para-hydroxylation sites is 1. The van der Waals surface area contributed by atoms with E-state index >= 15 is 0 Å². The van der Waals surface area contributed by atoms with Crippen LogP contribution in [0.3, 0.4) is 0 Å². The summed E-state index contributed by atoms with van der Waals surface area (Å²) >= 11 is 0. The molecule has 1 aromatic rings. The van der Waals surface area contributed by atoms with Gasteiger partial charge in [0.1, 0.15) is 0 Å². The predicted octanol–water partition coefficient (Wildman–Crippen LogP) is 2.81. The van der Waals surface area contributed by atoms with Gasteiger partial charge in [0, 0.05) is 17.7 Å². The highest BCUT2D eigenvalue weighted by molar-refractivity contribution is 5.89. The molecular formula is C11H9N. The lowest BCUT2D eigenvalue weighted by Gasteiger charge is -2.19. The van der Waals surface area contributed by atoms with E-state index in [0.29, 0.717) is 5.92 Å². The van der Waals surface area contributed by atoms with Crippen LogP contribution in [0.5, 0.6) is 0 Å². The molecule has 2 heterocycles. The molecule has 0 aromatic heterocycles. The molecule has 3 aliphatic rings. The second-order valence-electron chi connectivity index (χ2n) is 3.36. The minimum Gasteiger partial charge on any atom is -0.260 e. The first kappa shape index (κ1) is 6.18. The van der Waals surface area contributed by atoms with Gasteiger partial charge in [-0.2, -0.15) is 0 Å². The fourth-order valence-electron chi connectivity index (χ4n) is 1.81. The zero-order valence-electron chi connectivity index (χ0n) is 6.70. The molecule has 12 heavy (non-hydrogen) atoms. The average Bonchev–Trinajstić information content (AvgIpc) is 2.30. The van der Waals surface area contributed by atoms with Crippen LogP contribution in [-0.2, 0) is 0 Å². The minimum absolute atomic E-state index is 0.604. The van der Waals surface area contributed by atoms with Crippen LogP contribution < -0.4 is 0 Å². The van der Waals surface area contributed by atoms with Crippen molar-refractivity contribution in [3.8, 4) is 0 Å². The Labute approximate surface area is 71.5 Å². The minimum atomic E-state index is 0.604. The van der Waals surface area contributed by atoms with Gasteiger partial charge in [0.25, 0.3) is 0 Å². The summed E-state index contributed by atoms with van der Waals surface area (Å²) in [6.45, 7) is 0. The molecule has 1 heteroatoms. The molecule has 58 valence electrons. The number of aliphatic imine (C=N–C) groups is 1. The summed E-state index contributed by atoms with van der Waals surface area (Å²) in [4.78, 5) is 4.43. The lowest BCUT2D eigenvalue weighted by molar-refractivity contribution is 0.853. The molecule has 0 spiro atoms. The zero-order chi connectivity index (χ0) is 7.97. The van der Waals surface area contributed by atoms with Crippen molar-refractivity contribution < 1.29 is 0 Å². The molecule has 0 saturated heterocycles. The summed E-state index contributed by atoms with van der Waals surface area (Å²) in [5, 5.41) is 0. The number of nitrogens with zero attached hydrogens (tertiary/aromatic N) is 1. The summed E-state index contributed by atoms with van der Waals surface area (Å²) in [7, 11) is 0. The summed E-state index contributed by atoms with van der Waals surface area (Å²) in [6, 6.07) is 8.35. The Hall–Kier alpha value is -1.37. The number of rotatable bonds is 0. The molecule has 0 saturated carbocycles. The number of hydrogen-bond acceptors (Lipinski definition) is 1. The van der Waals surface area contributed by atoms with E-state index in [4.69, 9.17) is 0 Å². The van der Waals surface area contributed by atoms with Gasteiger partial charge in [-0.25, -0.2) is 0 Å². The molecule has 0 amide bonds. The predicted molar refractivity (Wildman–Crippen MR) is 50.7 cm³/mol. The molecule has 1 unspecified atom stereocenters. The highest BCUT2D eigenvalue weighted by atomic mass is 14.7. The van der Waals surface area contributed by atoms with E-state index in [0.717, 1.165) is 5.69 Å². The van der Waals surface area contributed by atoms with Crippen molar-refractivity contribution in [3.63, 3.8) is 0 Å². The molecule has 1 atom stereocenters. The van der Waals surface area contributed by atoms with Crippen molar-refractivity contribution in [1.29, 1.82) is 0 Å². The van der Waals surface area contributed by atoms with Gasteiger partial charge < -0.3 is 0 Å². The normalized spacial score (nSPS) is 23.7. The van der Waals surface area contributed by atoms with Crippen molar-refractivity contribution in [3.05, 3.63) is 35.9 Å². The van der Waals surface area contributed by atoms with Crippen molar-refractivity contribution in [1.82, 2.24) is 0 Å². The van der Waals surface area contributed by atoms with E-state index in [1.165, 1.54) is 17.6 Å². The van der Waals surface area contributed by atoms with Gasteiger partial charge in [-0.15, -0.1) is 0 Å². The first-order valence-corrected chi connectivity index (χ1v) is 4.28. The number of hydrogen-bond donors (Lipinski definition) is 0. The Balaban J connectivity index is 2.29. The van der Waals surface area contributed by atoms with E-state index in [2.05, 4.69) is 35.5 Å². The molecule has 0 fully saturated rings. The van der Waals surface area contributed by atoms with Gasteiger partial charge in [0.15, 0.2) is 0 Å². The maximum Gasteiger partial charge on any atom is 0.0700 e. The second-order valence-corrected chi connectivity index (χ2v) is 3.36. The third kappa shape index (κ3) is 0.708. The summed E-state index contributed by atoms with van der Waals surface area (Å²) in [5.74, 6) is 0.604. The van der Waals surface area contributed by atoms with Gasteiger partial charge >= 0.3 is 0 Å². The maximum atomic E-state index is 4.43. The van der Waals surface area contributed by atoms with E-state index < -0.39 is 0 Å². The highest BCUT2D eigenvalue weighted by Gasteiger charge is 2.22. The smallest absolute Gasteiger partial charge is 0.0700 e.